The fraction of sp³-hybridized carbons (Fsp3) is 0.462. The molecule has 0 atom stereocenters. The molecule has 0 bridgehead atoms. The lowest BCUT2D eigenvalue weighted by molar-refractivity contribution is 0.0949. The van der Waals surface area contributed by atoms with Crippen LogP contribution in [0.15, 0.2) is 22.7 Å². The molecular weight excluding hydrogens is 302 g/mol. The second kappa shape index (κ2) is 5.87. The Morgan fingerprint density at radius 3 is 2.82 bits per heavy atom. The van der Waals surface area contributed by atoms with E-state index in [1.54, 1.807) is 18.2 Å². The third kappa shape index (κ3) is 3.46. The lowest BCUT2D eigenvalue weighted by Gasteiger charge is -2.25. The van der Waals surface area contributed by atoms with Crippen molar-refractivity contribution in [2.45, 2.75) is 25.7 Å². The number of halogens is 2. The molecule has 0 saturated heterocycles. The number of hydrogen-bond acceptors (Lipinski definition) is 1. The van der Waals surface area contributed by atoms with Crippen LogP contribution in [0, 0.1) is 5.92 Å². The van der Waals surface area contributed by atoms with Crippen LogP contribution in [0.4, 0.5) is 0 Å². The number of carbonyl (C=O) groups is 1. The van der Waals surface area contributed by atoms with Crippen LogP contribution in [-0.2, 0) is 0 Å². The molecule has 4 heteroatoms. The van der Waals surface area contributed by atoms with E-state index in [0.717, 1.165) is 23.4 Å². The molecular formula is C13H15BrClNO. The van der Waals surface area contributed by atoms with Crippen LogP contribution >= 0.6 is 27.5 Å². The van der Waals surface area contributed by atoms with Gasteiger partial charge in [-0.25, -0.2) is 0 Å². The van der Waals surface area contributed by atoms with E-state index in [0.29, 0.717) is 10.6 Å². The van der Waals surface area contributed by atoms with Gasteiger partial charge >= 0.3 is 0 Å². The van der Waals surface area contributed by atoms with E-state index in [2.05, 4.69) is 21.2 Å². The zero-order valence-corrected chi connectivity index (χ0v) is 11.9. The van der Waals surface area contributed by atoms with Crippen molar-refractivity contribution in [2.24, 2.45) is 5.92 Å². The van der Waals surface area contributed by atoms with Gasteiger partial charge < -0.3 is 5.32 Å². The van der Waals surface area contributed by atoms with Gasteiger partial charge in [0.05, 0.1) is 5.02 Å². The van der Waals surface area contributed by atoms with Crippen LogP contribution in [0.5, 0.6) is 0 Å². The highest BCUT2D eigenvalue weighted by Gasteiger charge is 2.17. The summed E-state index contributed by atoms with van der Waals surface area (Å²) >= 11 is 9.25. The highest BCUT2D eigenvalue weighted by Crippen LogP contribution is 2.28. The Hall–Kier alpha value is -0.540. The fourth-order valence-electron chi connectivity index (χ4n) is 1.91. The lowest BCUT2D eigenvalue weighted by Crippen LogP contribution is -2.27. The smallest absolute Gasteiger partial charge is 0.251 e. The van der Waals surface area contributed by atoms with Gasteiger partial charge in [-0.05, 0) is 46.5 Å². The highest BCUT2D eigenvalue weighted by atomic mass is 79.9. The number of nitrogens with one attached hydrogen (secondary N) is 1. The predicted octanol–water partition coefficient (Wildman–Crippen LogP) is 4.02. The second-order valence-electron chi connectivity index (χ2n) is 4.47. The number of hydrogen-bond donors (Lipinski definition) is 1. The van der Waals surface area contributed by atoms with Crippen LogP contribution in [0.25, 0.3) is 0 Å². The zero-order valence-electron chi connectivity index (χ0n) is 9.51. The molecule has 1 aliphatic carbocycles. The van der Waals surface area contributed by atoms with Crippen LogP contribution in [-0.4, -0.2) is 12.5 Å². The van der Waals surface area contributed by atoms with Gasteiger partial charge in [-0.2, -0.15) is 0 Å². The Morgan fingerprint density at radius 1 is 1.47 bits per heavy atom. The topological polar surface area (TPSA) is 29.1 Å². The minimum Gasteiger partial charge on any atom is -0.352 e. The number of rotatable bonds is 4. The van der Waals surface area contributed by atoms with Crippen LogP contribution in [0.2, 0.25) is 5.02 Å². The summed E-state index contributed by atoms with van der Waals surface area (Å²) in [6.45, 7) is 0.761. The third-order valence-corrected chi connectivity index (χ3v) is 4.48. The van der Waals surface area contributed by atoms with E-state index in [9.17, 15) is 4.79 Å². The van der Waals surface area contributed by atoms with E-state index >= 15 is 0 Å². The fourth-order valence-corrected chi connectivity index (χ4v) is 2.34. The van der Waals surface area contributed by atoms with Gasteiger partial charge in [0.2, 0.25) is 0 Å². The molecule has 1 aliphatic rings. The quantitative estimate of drug-likeness (QED) is 0.893. The number of benzene rings is 1. The maximum Gasteiger partial charge on any atom is 0.251 e. The zero-order chi connectivity index (χ0) is 12.3. The molecule has 1 saturated carbocycles. The normalized spacial score (nSPS) is 15.4. The van der Waals surface area contributed by atoms with Crippen molar-refractivity contribution < 1.29 is 4.79 Å². The number of carbonyl (C=O) groups excluding carboxylic acids is 1. The summed E-state index contributed by atoms with van der Waals surface area (Å²) in [6, 6.07) is 5.25. The monoisotopic (exact) mass is 315 g/mol. The summed E-state index contributed by atoms with van der Waals surface area (Å²) in [7, 11) is 0. The third-order valence-electron chi connectivity index (χ3n) is 3.24. The van der Waals surface area contributed by atoms with Gasteiger partial charge in [0.1, 0.15) is 0 Å². The molecule has 2 rings (SSSR count). The van der Waals surface area contributed by atoms with E-state index in [1.165, 1.54) is 19.3 Å². The summed E-state index contributed by atoms with van der Waals surface area (Å²) < 4.78 is 0.810. The molecule has 2 nitrogen and oxygen atoms in total. The van der Waals surface area contributed by atoms with Gasteiger partial charge in [0.15, 0.2) is 0 Å². The van der Waals surface area contributed by atoms with E-state index in [4.69, 9.17) is 11.6 Å². The minimum absolute atomic E-state index is 0.0428. The molecule has 92 valence electrons. The minimum atomic E-state index is -0.0428. The molecule has 0 unspecified atom stereocenters. The molecule has 1 N–H and O–H groups in total. The summed E-state index contributed by atoms with van der Waals surface area (Å²) in [6.07, 6.45) is 5.08. The molecule has 1 fully saturated rings. The van der Waals surface area contributed by atoms with E-state index < -0.39 is 0 Å². The van der Waals surface area contributed by atoms with Crippen molar-refractivity contribution in [2.75, 3.05) is 6.54 Å². The maximum absolute atomic E-state index is 11.8. The summed E-state index contributed by atoms with van der Waals surface area (Å²) in [5.41, 5.74) is 0.617. The van der Waals surface area contributed by atoms with Crippen LogP contribution in [0.1, 0.15) is 36.0 Å². The van der Waals surface area contributed by atoms with Crippen molar-refractivity contribution in [3.8, 4) is 0 Å². The first kappa shape index (κ1) is 12.9. The molecule has 0 aliphatic heterocycles. The van der Waals surface area contributed by atoms with Crippen LogP contribution in [0.3, 0.4) is 0 Å². The van der Waals surface area contributed by atoms with Gasteiger partial charge in [-0.1, -0.05) is 30.9 Å². The maximum atomic E-state index is 11.8. The van der Waals surface area contributed by atoms with Gasteiger partial charge in [-0.3, -0.25) is 4.79 Å². The first-order valence-electron chi connectivity index (χ1n) is 5.90. The van der Waals surface area contributed by atoms with Crippen molar-refractivity contribution >= 4 is 33.4 Å². The van der Waals surface area contributed by atoms with Gasteiger partial charge in [-0.15, -0.1) is 0 Å². The summed E-state index contributed by atoms with van der Waals surface area (Å²) in [4.78, 5) is 11.8. The molecule has 1 amide bonds. The van der Waals surface area contributed by atoms with Crippen LogP contribution < -0.4 is 5.32 Å². The summed E-state index contributed by atoms with van der Waals surface area (Å²) in [5.74, 6) is 0.780. The second-order valence-corrected chi connectivity index (χ2v) is 5.73. The summed E-state index contributed by atoms with van der Waals surface area (Å²) in [5, 5.41) is 3.50. The lowest BCUT2D eigenvalue weighted by atomic mass is 9.83. The highest BCUT2D eigenvalue weighted by molar-refractivity contribution is 9.10. The average Bonchev–Trinajstić information content (AvgIpc) is 2.25. The van der Waals surface area contributed by atoms with Crippen molar-refractivity contribution in [1.29, 1.82) is 0 Å². The van der Waals surface area contributed by atoms with E-state index in [-0.39, 0.29) is 5.91 Å². The standard InChI is InChI=1S/C13H15BrClNO/c14-11-5-4-10(8-12(11)15)13(17)16-7-6-9-2-1-3-9/h4-5,8-9H,1-3,6-7H2,(H,16,17). The molecule has 0 aromatic heterocycles. The Balaban J connectivity index is 1.83. The first-order chi connectivity index (χ1) is 8.16. The van der Waals surface area contributed by atoms with Crippen molar-refractivity contribution in [3.05, 3.63) is 33.3 Å². The van der Waals surface area contributed by atoms with Crippen molar-refractivity contribution in [3.63, 3.8) is 0 Å². The first-order valence-corrected chi connectivity index (χ1v) is 7.07. The largest absolute Gasteiger partial charge is 0.352 e. The SMILES string of the molecule is O=C(NCCC1CCC1)c1ccc(Br)c(Cl)c1. The molecule has 0 spiro atoms. The molecule has 1 aromatic carbocycles. The Kier molecular flexibility index (Phi) is 4.46. The van der Waals surface area contributed by atoms with Gasteiger partial charge in [0.25, 0.3) is 5.91 Å². The predicted molar refractivity (Wildman–Crippen MR) is 73.4 cm³/mol. The Labute approximate surface area is 115 Å². The number of amides is 1. The Morgan fingerprint density at radius 2 is 2.24 bits per heavy atom. The molecule has 17 heavy (non-hydrogen) atoms. The Bertz CT molecular complexity index is 418. The van der Waals surface area contributed by atoms with Crippen molar-refractivity contribution in [1.82, 2.24) is 5.32 Å². The average molecular weight is 317 g/mol. The van der Waals surface area contributed by atoms with E-state index in [1.807, 2.05) is 0 Å². The molecule has 0 heterocycles. The molecule has 0 radical (unpaired) electrons. The molecule has 1 aromatic rings. The van der Waals surface area contributed by atoms with Gasteiger partial charge in [0, 0.05) is 16.6 Å².